The maximum absolute atomic E-state index is 12.0. The topological polar surface area (TPSA) is 49.3 Å². The van der Waals surface area contributed by atoms with Gasteiger partial charge in [-0.05, 0) is 37.0 Å². The van der Waals surface area contributed by atoms with E-state index in [0.717, 1.165) is 0 Å². The van der Waals surface area contributed by atoms with E-state index in [-0.39, 0.29) is 11.3 Å². The van der Waals surface area contributed by atoms with Gasteiger partial charge in [0.15, 0.2) is 0 Å². The van der Waals surface area contributed by atoms with E-state index in [1.165, 1.54) is 0 Å². The van der Waals surface area contributed by atoms with Gasteiger partial charge in [-0.1, -0.05) is 37.0 Å². The van der Waals surface area contributed by atoms with Gasteiger partial charge in [-0.25, -0.2) is 0 Å². The number of nitrogens with one attached hydrogen (secondary N) is 1. The largest absolute Gasteiger partial charge is 0.393 e. The summed E-state index contributed by atoms with van der Waals surface area (Å²) in [6, 6.07) is 4.77. The molecule has 0 bridgehead atoms. The van der Waals surface area contributed by atoms with Gasteiger partial charge in [0.25, 0.3) is 5.91 Å². The van der Waals surface area contributed by atoms with Crippen molar-refractivity contribution in [1.82, 2.24) is 5.32 Å². The first-order valence-corrected chi connectivity index (χ1v) is 6.88. The molecule has 1 atom stereocenters. The van der Waals surface area contributed by atoms with Gasteiger partial charge in [0.2, 0.25) is 0 Å². The number of amides is 1. The minimum atomic E-state index is -0.397. The van der Waals surface area contributed by atoms with Crippen LogP contribution in [0.25, 0.3) is 0 Å². The predicted molar refractivity (Wildman–Crippen MR) is 78.9 cm³/mol. The third kappa shape index (κ3) is 5.39. The third-order valence-corrected chi connectivity index (χ3v) is 3.30. The summed E-state index contributed by atoms with van der Waals surface area (Å²) in [5, 5.41) is 13.1. The van der Waals surface area contributed by atoms with Gasteiger partial charge in [0.05, 0.1) is 16.7 Å². The van der Waals surface area contributed by atoms with Crippen molar-refractivity contribution in [1.29, 1.82) is 0 Å². The molecule has 1 rings (SSSR count). The van der Waals surface area contributed by atoms with Crippen molar-refractivity contribution in [2.24, 2.45) is 5.41 Å². The van der Waals surface area contributed by atoms with Crippen LogP contribution in [0.1, 0.15) is 37.6 Å². The smallest absolute Gasteiger partial charge is 0.252 e. The Kier molecular flexibility index (Phi) is 5.65. The van der Waals surface area contributed by atoms with Crippen LogP contribution in [0.2, 0.25) is 10.0 Å². The molecule has 2 N–H and O–H groups in total. The number of benzene rings is 1. The maximum atomic E-state index is 12.0. The van der Waals surface area contributed by atoms with Crippen molar-refractivity contribution in [3.63, 3.8) is 0 Å². The summed E-state index contributed by atoms with van der Waals surface area (Å²) in [7, 11) is 0. The lowest BCUT2D eigenvalue weighted by atomic mass is 9.87. The van der Waals surface area contributed by atoms with Crippen LogP contribution in [0.15, 0.2) is 18.2 Å². The molecule has 0 fully saturated rings. The van der Waals surface area contributed by atoms with E-state index in [0.29, 0.717) is 28.6 Å². The normalized spacial score (nSPS) is 13.2. The molecule has 0 saturated heterocycles. The average Bonchev–Trinajstić information content (AvgIpc) is 2.24. The van der Waals surface area contributed by atoms with Gasteiger partial charge in [0.1, 0.15) is 0 Å². The molecule has 1 aromatic rings. The van der Waals surface area contributed by atoms with Gasteiger partial charge in [0, 0.05) is 11.6 Å². The Morgan fingerprint density at radius 2 is 2.05 bits per heavy atom. The van der Waals surface area contributed by atoms with Gasteiger partial charge < -0.3 is 10.4 Å². The zero-order chi connectivity index (χ0) is 14.6. The van der Waals surface area contributed by atoms with Crippen LogP contribution in [0, 0.1) is 5.41 Å². The van der Waals surface area contributed by atoms with E-state index in [1.807, 2.05) is 13.8 Å². The van der Waals surface area contributed by atoms with E-state index in [9.17, 15) is 9.90 Å². The number of aliphatic hydroxyl groups is 1. The Bertz CT molecular complexity index is 459. The molecular formula is C14H19Cl2NO2. The molecule has 1 unspecified atom stereocenters. The summed E-state index contributed by atoms with van der Waals surface area (Å²) in [5.74, 6) is -0.236. The summed E-state index contributed by atoms with van der Waals surface area (Å²) in [4.78, 5) is 12.0. The Balaban J connectivity index is 2.65. The van der Waals surface area contributed by atoms with Crippen molar-refractivity contribution in [2.45, 2.75) is 33.3 Å². The molecule has 106 valence electrons. The van der Waals surface area contributed by atoms with Crippen LogP contribution < -0.4 is 5.32 Å². The summed E-state index contributed by atoms with van der Waals surface area (Å²) in [6.45, 7) is 6.18. The molecular weight excluding hydrogens is 285 g/mol. The summed E-state index contributed by atoms with van der Waals surface area (Å²) in [5.41, 5.74) is 0.224. The second kappa shape index (κ2) is 6.60. The van der Waals surface area contributed by atoms with Crippen molar-refractivity contribution < 1.29 is 9.90 Å². The van der Waals surface area contributed by atoms with Gasteiger partial charge >= 0.3 is 0 Å². The average molecular weight is 304 g/mol. The highest BCUT2D eigenvalue weighted by Crippen LogP contribution is 2.23. The lowest BCUT2D eigenvalue weighted by Crippen LogP contribution is -2.35. The van der Waals surface area contributed by atoms with Crippen LogP contribution in [0.5, 0.6) is 0 Å². The van der Waals surface area contributed by atoms with Crippen LogP contribution >= 0.6 is 23.2 Å². The fourth-order valence-electron chi connectivity index (χ4n) is 1.96. The lowest BCUT2D eigenvalue weighted by Gasteiger charge is -2.26. The lowest BCUT2D eigenvalue weighted by molar-refractivity contribution is 0.0902. The van der Waals surface area contributed by atoms with E-state index in [2.05, 4.69) is 5.32 Å². The van der Waals surface area contributed by atoms with Crippen molar-refractivity contribution in [3.05, 3.63) is 33.8 Å². The number of carbonyl (C=O) groups excluding carboxylic acids is 1. The number of carbonyl (C=O) groups is 1. The first-order chi connectivity index (χ1) is 8.71. The molecule has 19 heavy (non-hydrogen) atoms. The monoisotopic (exact) mass is 303 g/mol. The zero-order valence-electron chi connectivity index (χ0n) is 11.3. The second-order valence-electron chi connectivity index (χ2n) is 5.52. The Hall–Kier alpha value is -0.770. The fourth-order valence-corrected chi connectivity index (χ4v) is 2.45. The number of halogens is 2. The molecule has 0 saturated carbocycles. The number of hydrogen-bond acceptors (Lipinski definition) is 2. The summed E-state index contributed by atoms with van der Waals surface area (Å²) < 4.78 is 0. The first kappa shape index (κ1) is 16.3. The SMILES string of the molecule is CC(O)CC(C)(C)CNC(=O)c1ccc(Cl)cc1Cl. The molecule has 0 aliphatic carbocycles. The van der Waals surface area contributed by atoms with Crippen molar-refractivity contribution in [2.75, 3.05) is 6.54 Å². The fraction of sp³-hybridized carbons (Fsp3) is 0.500. The minimum Gasteiger partial charge on any atom is -0.393 e. The summed E-state index contributed by atoms with van der Waals surface area (Å²) >= 11 is 11.8. The number of hydrogen-bond donors (Lipinski definition) is 2. The Morgan fingerprint density at radius 3 is 2.58 bits per heavy atom. The molecule has 5 heteroatoms. The van der Waals surface area contributed by atoms with E-state index >= 15 is 0 Å². The molecule has 0 aromatic heterocycles. The standard InChI is InChI=1S/C14H19Cl2NO2/c1-9(18)7-14(2,3)8-17-13(19)11-5-4-10(15)6-12(11)16/h4-6,9,18H,7-8H2,1-3H3,(H,17,19). The highest BCUT2D eigenvalue weighted by molar-refractivity contribution is 6.36. The zero-order valence-corrected chi connectivity index (χ0v) is 12.8. The van der Waals surface area contributed by atoms with E-state index in [1.54, 1.807) is 25.1 Å². The molecule has 0 heterocycles. The van der Waals surface area contributed by atoms with Gasteiger partial charge in [-0.15, -0.1) is 0 Å². The Labute approximate surface area is 123 Å². The summed E-state index contributed by atoms with van der Waals surface area (Å²) in [6.07, 6.45) is 0.216. The van der Waals surface area contributed by atoms with Crippen molar-refractivity contribution in [3.8, 4) is 0 Å². The van der Waals surface area contributed by atoms with Crippen LogP contribution in [-0.4, -0.2) is 23.7 Å². The van der Waals surface area contributed by atoms with Crippen LogP contribution in [0.3, 0.4) is 0 Å². The molecule has 0 aliphatic heterocycles. The Morgan fingerprint density at radius 1 is 1.42 bits per heavy atom. The highest BCUT2D eigenvalue weighted by atomic mass is 35.5. The third-order valence-electron chi connectivity index (χ3n) is 2.75. The molecule has 1 amide bonds. The van der Waals surface area contributed by atoms with Crippen LogP contribution in [0.4, 0.5) is 0 Å². The molecule has 0 spiro atoms. The number of rotatable bonds is 5. The van der Waals surface area contributed by atoms with Gasteiger partial charge in [-0.3, -0.25) is 4.79 Å². The molecule has 0 aliphatic rings. The van der Waals surface area contributed by atoms with Crippen molar-refractivity contribution >= 4 is 29.1 Å². The maximum Gasteiger partial charge on any atom is 0.252 e. The predicted octanol–water partition coefficient (Wildman–Crippen LogP) is 3.52. The first-order valence-electron chi connectivity index (χ1n) is 6.12. The highest BCUT2D eigenvalue weighted by Gasteiger charge is 2.22. The molecule has 3 nitrogen and oxygen atoms in total. The van der Waals surface area contributed by atoms with Gasteiger partial charge in [-0.2, -0.15) is 0 Å². The number of aliphatic hydroxyl groups excluding tert-OH is 1. The van der Waals surface area contributed by atoms with E-state index < -0.39 is 6.10 Å². The van der Waals surface area contributed by atoms with E-state index in [4.69, 9.17) is 23.2 Å². The molecule has 0 radical (unpaired) electrons. The second-order valence-corrected chi connectivity index (χ2v) is 6.37. The molecule has 1 aromatic carbocycles. The van der Waals surface area contributed by atoms with Crippen LogP contribution in [-0.2, 0) is 0 Å². The quantitative estimate of drug-likeness (QED) is 0.874. The minimum absolute atomic E-state index is 0.178.